The molecule has 0 amide bonds. The average molecular weight is 536 g/mol. The Labute approximate surface area is 231 Å². The lowest BCUT2D eigenvalue weighted by Gasteiger charge is -2.14. The van der Waals surface area contributed by atoms with Gasteiger partial charge in [0.1, 0.15) is 12.3 Å². The first kappa shape index (κ1) is 25.4. The summed E-state index contributed by atoms with van der Waals surface area (Å²) in [5.74, 6) is 1.31. The van der Waals surface area contributed by atoms with Gasteiger partial charge in [-0.1, -0.05) is 24.3 Å². The van der Waals surface area contributed by atoms with Gasteiger partial charge in [-0.05, 0) is 72.4 Å². The van der Waals surface area contributed by atoms with Gasteiger partial charge in [0.2, 0.25) is 5.75 Å². The molecule has 5 aromatic rings. The Kier molecular flexibility index (Phi) is 6.59. The van der Waals surface area contributed by atoms with Gasteiger partial charge in [0, 0.05) is 17.8 Å². The number of pyridine rings is 2. The van der Waals surface area contributed by atoms with Gasteiger partial charge in [0.25, 0.3) is 0 Å². The van der Waals surface area contributed by atoms with E-state index in [1.807, 2.05) is 72.2 Å². The molecular formula is C32H29N3O5. The number of imidazole rings is 1. The topological polar surface area (TPSA) is 84.2 Å². The third kappa shape index (κ3) is 4.41. The molecule has 0 saturated carbocycles. The van der Waals surface area contributed by atoms with Crippen molar-refractivity contribution in [1.29, 1.82) is 0 Å². The Morgan fingerprint density at radius 3 is 2.48 bits per heavy atom. The number of nitrogens with zero attached hydrogens (tertiary/aromatic N) is 3. The number of allylic oxidation sites excluding steroid dienone is 1. The largest absolute Gasteiger partial charge is 0.493 e. The van der Waals surface area contributed by atoms with Crippen molar-refractivity contribution in [2.24, 2.45) is 0 Å². The molecule has 6 rings (SSSR count). The summed E-state index contributed by atoms with van der Waals surface area (Å²) < 4.78 is 24.3. The van der Waals surface area contributed by atoms with Crippen LogP contribution in [-0.4, -0.2) is 41.7 Å². The van der Waals surface area contributed by atoms with Crippen molar-refractivity contribution < 1.29 is 23.7 Å². The molecule has 3 aromatic heterocycles. The van der Waals surface area contributed by atoms with Gasteiger partial charge in [-0.2, -0.15) is 0 Å². The lowest BCUT2D eigenvalue weighted by molar-refractivity contribution is 0.0469. The van der Waals surface area contributed by atoms with Crippen molar-refractivity contribution in [3.63, 3.8) is 0 Å². The summed E-state index contributed by atoms with van der Waals surface area (Å²) >= 11 is 0. The highest BCUT2D eigenvalue weighted by Crippen LogP contribution is 2.41. The number of rotatable bonds is 7. The fourth-order valence-corrected chi connectivity index (χ4v) is 5.38. The van der Waals surface area contributed by atoms with E-state index in [-0.39, 0.29) is 12.6 Å². The van der Waals surface area contributed by atoms with Crippen molar-refractivity contribution in [2.45, 2.75) is 26.4 Å². The summed E-state index contributed by atoms with van der Waals surface area (Å²) in [5.41, 5.74) is 7.54. The van der Waals surface area contributed by atoms with Crippen molar-refractivity contribution in [1.82, 2.24) is 14.4 Å². The number of aromatic nitrogens is 3. The second kappa shape index (κ2) is 10.4. The van der Waals surface area contributed by atoms with Crippen LogP contribution in [0.1, 0.15) is 44.9 Å². The van der Waals surface area contributed by atoms with E-state index in [2.05, 4.69) is 11.1 Å². The van der Waals surface area contributed by atoms with Crippen LogP contribution in [0.4, 0.5) is 0 Å². The van der Waals surface area contributed by atoms with E-state index in [0.717, 1.165) is 50.9 Å². The van der Waals surface area contributed by atoms with Gasteiger partial charge < -0.3 is 23.3 Å². The molecule has 1 aliphatic carbocycles. The maximum absolute atomic E-state index is 13.6. The summed E-state index contributed by atoms with van der Waals surface area (Å²) in [6.45, 7) is 2.09. The van der Waals surface area contributed by atoms with Crippen LogP contribution in [0, 0.1) is 6.92 Å². The van der Waals surface area contributed by atoms with Crippen molar-refractivity contribution in [3.8, 4) is 17.2 Å². The van der Waals surface area contributed by atoms with Gasteiger partial charge in [0.15, 0.2) is 11.5 Å². The summed E-state index contributed by atoms with van der Waals surface area (Å²) in [6.07, 6.45) is 7.31. The molecule has 3 heterocycles. The second-order valence-corrected chi connectivity index (χ2v) is 9.69. The molecular weight excluding hydrogens is 506 g/mol. The van der Waals surface area contributed by atoms with E-state index in [0.29, 0.717) is 34.9 Å². The molecule has 1 aliphatic rings. The van der Waals surface area contributed by atoms with Crippen molar-refractivity contribution >= 4 is 34.2 Å². The Balaban J connectivity index is 1.37. The predicted octanol–water partition coefficient (Wildman–Crippen LogP) is 6.06. The van der Waals surface area contributed by atoms with Crippen LogP contribution in [0.5, 0.6) is 17.2 Å². The quantitative estimate of drug-likeness (QED) is 0.234. The van der Waals surface area contributed by atoms with Crippen LogP contribution in [0.15, 0.2) is 60.9 Å². The number of para-hydroxylation sites is 1. The zero-order chi connectivity index (χ0) is 27.8. The average Bonchev–Trinajstić information content (AvgIpc) is 3.58. The molecule has 0 atom stereocenters. The molecule has 0 aliphatic heterocycles. The molecule has 8 nitrogen and oxygen atoms in total. The zero-order valence-corrected chi connectivity index (χ0v) is 22.9. The van der Waals surface area contributed by atoms with Crippen LogP contribution in [0.2, 0.25) is 0 Å². The number of benzene rings is 2. The maximum atomic E-state index is 13.6. The van der Waals surface area contributed by atoms with Crippen LogP contribution >= 0.6 is 0 Å². The summed E-state index contributed by atoms with van der Waals surface area (Å²) in [6, 6.07) is 15.5. The van der Waals surface area contributed by atoms with Crippen LogP contribution in [0.3, 0.4) is 0 Å². The number of hydrogen-bond donors (Lipinski definition) is 0. The minimum atomic E-state index is -0.377. The highest BCUT2D eigenvalue weighted by atomic mass is 16.5. The normalized spacial score (nSPS) is 13.6. The zero-order valence-electron chi connectivity index (χ0n) is 22.9. The van der Waals surface area contributed by atoms with Crippen LogP contribution < -0.4 is 14.2 Å². The van der Waals surface area contributed by atoms with E-state index in [1.165, 1.54) is 0 Å². The standard InChI is InChI=1S/C32H29N3O5/c1-19-8-7-13-35-17-22(33-31(19)35)18-40-32(36)28-23-9-5-6-10-25(23)34-29-21(11-12-24(28)29)14-20-15-26(37-2)30(39-4)27(16-20)38-3/h5-10,13-17H,11-12,18H2,1-4H3/b21-14+. The minimum absolute atomic E-state index is 0.0828. The smallest absolute Gasteiger partial charge is 0.339 e. The van der Waals surface area contributed by atoms with Crippen molar-refractivity contribution in [3.05, 3.63) is 94.6 Å². The highest BCUT2D eigenvalue weighted by Gasteiger charge is 2.28. The van der Waals surface area contributed by atoms with E-state index in [9.17, 15) is 4.79 Å². The van der Waals surface area contributed by atoms with E-state index < -0.39 is 0 Å². The summed E-state index contributed by atoms with van der Waals surface area (Å²) in [7, 11) is 4.77. The number of carbonyl (C=O) groups is 1. The third-order valence-corrected chi connectivity index (χ3v) is 7.25. The minimum Gasteiger partial charge on any atom is -0.493 e. The predicted molar refractivity (Wildman–Crippen MR) is 153 cm³/mol. The number of esters is 1. The van der Waals surface area contributed by atoms with Crippen LogP contribution in [0.25, 0.3) is 28.2 Å². The molecule has 0 radical (unpaired) electrons. The third-order valence-electron chi connectivity index (χ3n) is 7.25. The Morgan fingerprint density at radius 2 is 1.75 bits per heavy atom. The lowest BCUT2D eigenvalue weighted by atomic mass is 10.0. The monoisotopic (exact) mass is 535 g/mol. The fraction of sp³-hybridized carbons (Fsp3) is 0.219. The molecule has 202 valence electrons. The summed E-state index contributed by atoms with van der Waals surface area (Å²) in [5, 5.41) is 0.783. The van der Waals surface area contributed by atoms with E-state index in [1.54, 1.807) is 21.3 Å². The number of ether oxygens (including phenoxy) is 4. The van der Waals surface area contributed by atoms with Crippen LogP contribution in [-0.2, 0) is 17.8 Å². The van der Waals surface area contributed by atoms with E-state index >= 15 is 0 Å². The number of methoxy groups -OCH3 is 3. The van der Waals surface area contributed by atoms with Gasteiger partial charge in [-0.25, -0.2) is 14.8 Å². The fourth-order valence-electron chi connectivity index (χ4n) is 5.38. The molecule has 0 spiro atoms. The molecule has 0 unspecified atom stereocenters. The van der Waals surface area contributed by atoms with Crippen molar-refractivity contribution in [2.75, 3.05) is 21.3 Å². The van der Waals surface area contributed by atoms with Gasteiger partial charge in [-0.15, -0.1) is 0 Å². The molecule has 8 heteroatoms. The first-order chi connectivity index (χ1) is 19.5. The second-order valence-electron chi connectivity index (χ2n) is 9.69. The number of fused-ring (bicyclic) bond motifs is 3. The molecule has 0 bridgehead atoms. The van der Waals surface area contributed by atoms with Gasteiger partial charge in [0.05, 0.1) is 43.8 Å². The first-order valence-electron chi connectivity index (χ1n) is 13.0. The van der Waals surface area contributed by atoms with E-state index in [4.69, 9.17) is 23.9 Å². The Bertz CT molecular complexity index is 1780. The number of hydrogen-bond acceptors (Lipinski definition) is 7. The number of carbonyl (C=O) groups excluding carboxylic acids is 1. The molecule has 2 aromatic carbocycles. The first-order valence-corrected chi connectivity index (χ1v) is 13.0. The Morgan fingerprint density at radius 1 is 0.975 bits per heavy atom. The molecule has 0 N–H and O–H groups in total. The SMILES string of the molecule is COc1cc(/C=C2\CCc3c2nc2ccccc2c3C(=O)OCc2cn3cccc(C)c3n2)cc(OC)c1OC. The molecule has 40 heavy (non-hydrogen) atoms. The Hall–Kier alpha value is -4.85. The lowest BCUT2D eigenvalue weighted by Crippen LogP contribution is -2.10. The highest BCUT2D eigenvalue weighted by molar-refractivity contribution is 6.07. The van der Waals surface area contributed by atoms with Gasteiger partial charge in [-0.3, -0.25) is 0 Å². The van der Waals surface area contributed by atoms with Gasteiger partial charge >= 0.3 is 5.97 Å². The molecule has 0 fully saturated rings. The maximum Gasteiger partial charge on any atom is 0.339 e. The summed E-state index contributed by atoms with van der Waals surface area (Å²) in [4.78, 5) is 23.2. The number of aryl methyl sites for hydroxylation is 1. The molecule has 0 saturated heterocycles.